The predicted molar refractivity (Wildman–Crippen MR) is 107 cm³/mol. The zero-order chi connectivity index (χ0) is 19.3. The van der Waals surface area contributed by atoms with Crippen LogP contribution < -0.4 is 5.32 Å². The van der Waals surface area contributed by atoms with Crippen molar-refractivity contribution in [1.29, 1.82) is 0 Å². The Labute approximate surface area is 166 Å². The number of carbonyl (C=O) groups is 1. The van der Waals surface area contributed by atoms with E-state index in [1.54, 1.807) is 0 Å². The Kier molecular flexibility index (Phi) is 7.14. The first-order valence-corrected chi connectivity index (χ1v) is 11.6. The van der Waals surface area contributed by atoms with Crippen LogP contribution in [0.5, 0.6) is 0 Å². The fourth-order valence-corrected chi connectivity index (χ4v) is 5.45. The minimum absolute atomic E-state index is 0.134. The monoisotopic (exact) mass is 413 g/mol. The number of hydrogen-bond donors (Lipinski definition) is 1. The Morgan fingerprint density at radius 2 is 1.63 bits per heavy atom. The first-order valence-electron chi connectivity index (χ1n) is 9.79. The molecule has 2 fully saturated rings. The van der Waals surface area contributed by atoms with Crippen molar-refractivity contribution in [1.82, 2.24) is 14.5 Å². The van der Waals surface area contributed by atoms with Crippen LogP contribution in [0.2, 0.25) is 5.02 Å². The summed E-state index contributed by atoms with van der Waals surface area (Å²) in [7, 11) is -3.59. The van der Waals surface area contributed by atoms with Crippen molar-refractivity contribution in [2.45, 2.75) is 43.4 Å². The van der Waals surface area contributed by atoms with Crippen molar-refractivity contribution >= 4 is 27.5 Å². The molecule has 2 saturated heterocycles. The smallest absolute Gasteiger partial charge is 0.252 e. The molecular formula is C19H28ClN3O3S. The maximum Gasteiger partial charge on any atom is 0.252 e. The van der Waals surface area contributed by atoms with Gasteiger partial charge in [-0.3, -0.25) is 4.79 Å². The lowest BCUT2D eigenvalue weighted by Gasteiger charge is -2.26. The molecule has 0 aromatic heterocycles. The zero-order valence-corrected chi connectivity index (χ0v) is 17.2. The van der Waals surface area contributed by atoms with Gasteiger partial charge in [-0.1, -0.05) is 24.4 Å². The van der Waals surface area contributed by atoms with Gasteiger partial charge in [-0.05, 0) is 57.0 Å². The maximum absolute atomic E-state index is 12.8. The number of halogens is 1. The van der Waals surface area contributed by atoms with Gasteiger partial charge in [0.05, 0.1) is 15.5 Å². The molecule has 150 valence electrons. The van der Waals surface area contributed by atoms with E-state index in [2.05, 4.69) is 10.2 Å². The zero-order valence-electron chi connectivity index (χ0n) is 15.6. The summed E-state index contributed by atoms with van der Waals surface area (Å²) >= 11 is 6.17. The largest absolute Gasteiger partial charge is 0.351 e. The number of nitrogens with one attached hydrogen (secondary N) is 1. The van der Waals surface area contributed by atoms with Crippen LogP contribution >= 0.6 is 11.6 Å². The first-order chi connectivity index (χ1) is 13.0. The van der Waals surface area contributed by atoms with Gasteiger partial charge in [0.15, 0.2) is 0 Å². The van der Waals surface area contributed by atoms with Gasteiger partial charge in [0.1, 0.15) is 0 Å². The fourth-order valence-electron chi connectivity index (χ4n) is 3.70. The van der Waals surface area contributed by atoms with Crippen LogP contribution in [-0.4, -0.2) is 62.8 Å². The van der Waals surface area contributed by atoms with Crippen molar-refractivity contribution in [3.63, 3.8) is 0 Å². The Morgan fingerprint density at radius 3 is 2.30 bits per heavy atom. The lowest BCUT2D eigenvalue weighted by Crippen LogP contribution is -2.38. The maximum atomic E-state index is 12.8. The number of likely N-dealkylation sites (tertiary alicyclic amines) is 1. The van der Waals surface area contributed by atoms with Crippen LogP contribution in [0.15, 0.2) is 23.1 Å². The van der Waals surface area contributed by atoms with Gasteiger partial charge in [0.2, 0.25) is 10.0 Å². The molecule has 2 heterocycles. The molecule has 1 amide bonds. The van der Waals surface area contributed by atoms with E-state index in [0.717, 1.165) is 38.9 Å². The third-order valence-electron chi connectivity index (χ3n) is 5.30. The highest BCUT2D eigenvalue weighted by Gasteiger charge is 2.27. The van der Waals surface area contributed by atoms with E-state index in [-0.39, 0.29) is 21.4 Å². The van der Waals surface area contributed by atoms with Crippen LogP contribution in [0.25, 0.3) is 0 Å². The summed E-state index contributed by atoms with van der Waals surface area (Å²) in [6.45, 7) is 4.53. The lowest BCUT2D eigenvalue weighted by atomic mass is 10.1. The van der Waals surface area contributed by atoms with Crippen LogP contribution in [0.4, 0.5) is 0 Å². The predicted octanol–water partition coefficient (Wildman–Crippen LogP) is 2.73. The molecule has 0 spiro atoms. The molecule has 1 aromatic carbocycles. The minimum Gasteiger partial charge on any atom is -0.351 e. The highest BCUT2D eigenvalue weighted by molar-refractivity contribution is 7.89. The quantitative estimate of drug-likeness (QED) is 0.778. The number of hydrogen-bond acceptors (Lipinski definition) is 4. The molecule has 0 radical (unpaired) electrons. The highest BCUT2D eigenvalue weighted by Crippen LogP contribution is 2.25. The van der Waals surface area contributed by atoms with Crippen molar-refractivity contribution in [3.05, 3.63) is 28.8 Å². The second-order valence-electron chi connectivity index (χ2n) is 7.26. The number of benzene rings is 1. The molecule has 27 heavy (non-hydrogen) atoms. The number of carbonyl (C=O) groups excluding carboxylic acids is 1. The SMILES string of the molecule is O=C(NCCN1CCCCC1)c1cc(S(=O)(=O)N2CCCCC2)ccc1Cl. The van der Waals surface area contributed by atoms with Gasteiger partial charge >= 0.3 is 0 Å². The van der Waals surface area contributed by atoms with Crippen LogP contribution in [0.1, 0.15) is 48.9 Å². The van der Waals surface area contributed by atoms with E-state index in [1.807, 2.05) is 0 Å². The molecule has 3 rings (SSSR count). The Bertz CT molecular complexity index is 757. The summed E-state index contributed by atoms with van der Waals surface area (Å²) in [4.78, 5) is 15.0. The van der Waals surface area contributed by atoms with E-state index in [1.165, 1.54) is 41.8 Å². The number of amides is 1. The second-order valence-corrected chi connectivity index (χ2v) is 9.61. The first kappa shape index (κ1) is 20.6. The molecule has 1 N–H and O–H groups in total. The third-order valence-corrected chi connectivity index (χ3v) is 7.52. The molecule has 0 bridgehead atoms. The van der Waals surface area contributed by atoms with Gasteiger partial charge in [-0.15, -0.1) is 0 Å². The summed E-state index contributed by atoms with van der Waals surface area (Å²) in [5, 5.41) is 3.14. The number of piperidine rings is 2. The van der Waals surface area contributed by atoms with Gasteiger partial charge < -0.3 is 10.2 Å². The molecule has 0 aliphatic carbocycles. The van der Waals surface area contributed by atoms with E-state index >= 15 is 0 Å². The summed E-state index contributed by atoms with van der Waals surface area (Å²) in [6.07, 6.45) is 6.48. The van der Waals surface area contributed by atoms with Crippen molar-refractivity contribution in [2.75, 3.05) is 39.3 Å². The van der Waals surface area contributed by atoms with Gasteiger partial charge in [0, 0.05) is 26.2 Å². The number of nitrogens with zero attached hydrogens (tertiary/aromatic N) is 2. The summed E-state index contributed by atoms with van der Waals surface area (Å²) in [6, 6.07) is 4.39. The molecule has 6 nitrogen and oxygen atoms in total. The van der Waals surface area contributed by atoms with Crippen molar-refractivity contribution < 1.29 is 13.2 Å². The van der Waals surface area contributed by atoms with Crippen LogP contribution in [0, 0.1) is 0 Å². The second kappa shape index (κ2) is 9.37. The molecular weight excluding hydrogens is 386 g/mol. The summed E-state index contributed by atoms with van der Waals surface area (Å²) < 4.78 is 27.2. The summed E-state index contributed by atoms with van der Waals surface area (Å²) in [5.41, 5.74) is 0.216. The fraction of sp³-hybridized carbons (Fsp3) is 0.632. The standard InChI is InChI=1S/C19H28ClN3O3S/c20-18-8-7-16(27(25,26)23-12-5-2-6-13-23)15-17(18)19(24)21-9-14-22-10-3-1-4-11-22/h7-8,15H,1-6,9-14H2,(H,21,24). The molecule has 0 atom stereocenters. The number of rotatable bonds is 6. The average Bonchev–Trinajstić information content (AvgIpc) is 2.69. The van der Waals surface area contributed by atoms with E-state index in [9.17, 15) is 13.2 Å². The molecule has 0 unspecified atom stereocenters. The van der Waals surface area contributed by atoms with E-state index < -0.39 is 10.0 Å². The van der Waals surface area contributed by atoms with Gasteiger partial charge in [-0.2, -0.15) is 4.31 Å². The van der Waals surface area contributed by atoms with E-state index in [0.29, 0.717) is 19.6 Å². The highest BCUT2D eigenvalue weighted by atomic mass is 35.5. The molecule has 0 saturated carbocycles. The van der Waals surface area contributed by atoms with E-state index in [4.69, 9.17) is 11.6 Å². The Hall–Kier alpha value is -1.15. The minimum atomic E-state index is -3.59. The molecule has 2 aliphatic rings. The normalized spacial score (nSPS) is 19.7. The molecule has 2 aliphatic heterocycles. The lowest BCUT2D eigenvalue weighted by molar-refractivity contribution is 0.0946. The Balaban J connectivity index is 1.66. The topological polar surface area (TPSA) is 69.7 Å². The van der Waals surface area contributed by atoms with Gasteiger partial charge in [-0.25, -0.2) is 8.42 Å². The van der Waals surface area contributed by atoms with Crippen LogP contribution in [-0.2, 0) is 10.0 Å². The average molecular weight is 414 g/mol. The van der Waals surface area contributed by atoms with Gasteiger partial charge in [0.25, 0.3) is 5.91 Å². The molecule has 8 heteroatoms. The van der Waals surface area contributed by atoms with Crippen molar-refractivity contribution in [3.8, 4) is 0 Å². The Morgan fingerprint density at radius 1 is 1.00 bits per heavy atom. The molecule has 1 aromatic rings. The van der Waals surface area contributed by atoms with Crippen molar-refractivity contribution in [2.24, 2.45) is 0 Å². The third kappa shape index (κ3) is 5.22. The summed E-state index contributed by atoms with van der Waals surface area (Å²) in [5.74, 6) is -0.326. The number of sulfonamides is 1. The van der Waals surface area contributed by atoms with Crippen LogP contribution in [0.3, 0.4) is 0 Å².